The summed E-state index contributed by atoms with van der Waals surface area (Å²) in [5.74, 6) is 1.16. The molecule has 0 saturated heterocycles. The van der Waals surface area contributed by atoms with E-state index in [4.69, 9.17) is 4.98 Å². The summed E-state index contributed by atoms with van der Waals surface area (Å²) in [6.07, 6.45) is 0. The van der Waals surface area contributed by atoms with Gasteiger partial charge in [-0.25, -0.2) is 4.98 Å². The van der Waals surface area contributed by atoms with Crippen LogP contribution in [0, 0.1) is 0 Å². The molecule has 3 nitrogen and oxygen atoms in total. The Labute approximate surface area is 109 Å². The van der Waals surface area contributed by atoms with Crippen molar-refractivity contribution in [1.29, 1.82) is 0 Å². The number of nitrogens with one attached hydrogen (secondary N) is 1. The van der Waals surface area contributed by atoms with Crippen LogP contribution in [-0.2, 0) is 12.0 Å². The molecule has 1 aromatic heterocycles. The molecule has 0 spiro atoms. The van der Waals surface area contributed by atoms with E-state index in [2.05, 4.69) is 62.7 Å². The fraction of sp³-hybridized carbons (Fsp3) is 0.533. The average molecular weight is 245 g/mol. The Balaban J connectivity index is 2.61. The van der Waals surface area contributed by atoms with Crippen molar-refractivity contribution in [1.82, 2.24) is 9.55 Å². The Hall–Kier alpha value is -1.51. The minimum Gasteiger partial charge on any atom is -0.385 e. The highest BCUT2D eigenvalue weighted by Crippen LogP contribution is 2.27. The molecule has 1 heterocycles. The van der Waals surface area contributed by atoms with Gasteiger partial charge in [-0.2, -0.15) is 0 Å². The number of aryl methyl sites for hydroxylation is 1. The number of imidazole rings is 1. The van der Waals surface area contributed by atoms with Crippen LogP contribution in [0.25, 0.3) is 11.0 Å². The second kappa shape index (κ2) is 4.63. The fourth-order valence-corrected chi connectivity index (χ4v) is 2.34. The quantitative estimate of drug-likeness (QED) is 0.891. The van der Waals surface area contributed by atoms with Crippen LogP contribution in [0.4, 0.5) is 5.69 Å². The van der Waals surface area contributed by atoms with Crippen LogP contribution in [0.5, 0.6) is 0 Å². The number of rotatable bonds is 3. The van der Waals surface area contributed by atoms with Crippen molar-refractivity contribution < 1.29 is 0 Å². The van der Waals surface area contributed by atoms with Gasteiger partial charge in [0.05, 0.1) is 11.0 Å². The van der Waals surface area contributed by atoms with Crippen LogP contribution < -0.4 is 5.32 Å². The van der Waals surface area contributed by atoms with Gasteiger partial charge in [-0.05, 0) is 32.0 Å². The molecule has 0 aliphatic carbocycles. The molecule has 1 N–H and O–H groups in total. The number of fused-ring (bicyclic) bond motifs is 1. The molecule has 0 fully saturated rings. The molecule has 0 radical (unpaired) electrons. The van der Waals surface area contributed by atoms with Crippen LogP contribution in [0.3, 0.4) is 0 Å². The van der Waals surface area contributed by atoms with E-state index in [0.717, 1.165) is 30.1 Å². The summed E-state index contributed by atoms with van der Waals surface area (Å²) in [4.78, 5) is 4.82. The second-order valence-electron chi connectivity index (χ2n) is 5.66. The molecule has 0 atom stereocenters. The molecule has 18 heavy (non-hydrogen) atoms. The second-order valence-corrected chi connectivity index (χ2v) is 5.66. The SMILES string of the molecule is CCNc1ccc2c(c1)nc(C(C)(C)C)n2CC. The summed E-state index contributed by atoms with van der Waals surface area (Å²) >= 11 is 0. The minimum atomic E-state index is 0.0768. The van der Waals surface area contributed by atoms with Crippen molar-refractivity contribution >= 4 is 16.7 Å². The van der Waals surface area contributed by atoms with E-state index < -0.39 is 0 Å². The first-order valence-corrected chi connectivity index (χ1v) is 6.72. The Kier molecular flexibility index (Phi) is 3.33. The van der Waals surface area contributed by atoms with Crippen LogP contribution >= 0.6 is 0 Å². The predicted molar refractivity (Wildman–Crippen MR) is 78.3 cm³/mol. The molecule has 98 valence electrons. The van der Waals surface area contributed by atoms with E-state index in [0.29, 0.717) is 0 Å². The van der Waals surface area contributed by atoms with Crippen LogP contribution in [0.1, 0.15) is 40.4 Å². The van der Waals surface area contributed by atoms with Gasteiger partial charge in [0.2, 0.25) is 0 Å². The first kappa shape index (κ1) is 12.9. The van der Waals surface area contributed by atoms with Gasteiger partial charge in [-0.15, -0.1) is 0 Å². The Morgan fingerprint density at radius 1 is 1.22 bits per heavy atom. The Morgan fingerprint density at radius 2 is 1.94 bits per heavy atom. The molecule has 0 aliphatic rings. The van der Waals surface area contributed by atoms with Crippen molar-refractivity contribution in [3.63, 3.8) is 0 Å². The van der Waals surface area contributed by atoms with Crippen LogP contribution in [-0.4, -0.2) is 16.1 Å². The summed E-state index contributed by atoms with van der Waals surface area (Å²) in [6, 6.07) is 6.44. The molecule has 2 rings (SSSR count). The molecule has 0 bridgehead atoms. The summed E-state index contributed by atoms with van der Waals surface area (Å²) in [5, 5.41) is 3.34. The number of nitrogens with zero attached hydrogens (tertiary/aromatic N) is 2. The van der Waals surface area contributed by atoms with Gasteiger partial charge < -0.3 is 9.88 Å². The largest absolute Gasteiger partial charge is 0.385 e. The van der Waals surface area contributed by atoms with Gasteiger partial charge in [-0.1, -0.05) is 20.8 Å². The van der Waals surface area contributed by atoms with Crippen molar-refractivity contribution in [2.24, 2.45) is 0 Å². The average Bonchev–Trinajstić information content (AvgIpc) is 2.67. The normalized spacial score (nSPS) is 12.1. The van der Waals surface area contributed by atoms with Crippen molar-refractivity contribution in [3.8, 4) is 0 Å². The zero-order valence-corrected chi connectivity index (χ0v) is 12.0. The lowest BCUT2D eigenvalue weighted by Crippen LogP contribution is -2.18. The van der Waals surface area contributed by atoms with Gasteiger partial charge in [0.25, 0.3) is 0 Å². The van der Waals surface area contributed by atoms with Crippen LogP contribution in [0.15, 0.2) is 18.2 Å². The maximum Gasteiger partial charge on any atom is 0.115 e. The Morgan fingerprint density at radius 3 is 2.50 bits per heavy atom. The molecular weight excluding hydrogens is 222 g/mol. The zero-order valence-electron chi connectivity index (χ0n) is 12.0. The third kappa shape index (κ3) is 2.22. The standard InChI is InChI=1S/C15H23N3/c1-6-16-11-8-9-13-12(10-11)17-14(15(3,4)5)18(13)7-2/h8-10,16H,6-7H2,1-5H3. The summed E-state index contributed by atoms with van der Waals surface area (Å²) in [7, 11) is 0. The molecule has 1 aromatic carbocycles. The summed E-state index contributed by atoms with van der Waals surface area (Å²) < 4.78 is 2.31. The highest BCUT2D eigenvalue weighted by Gasteiger charge is 2.22. The zero-order chi connectivity index (χ0) is 13.3. The lowest BCUT2D eigenvalue weighted by Gasteiger charge is -2.19. The van der Waals surface area contributed by atoms with E-state index in [-0.39, 0.29) is 5.41 Å². The molecule has 0 unspecified atom stereocenters. The van der Waals surface area contributed by atoms with E-state index >= 15 is 0 Å². The fourth-order valence-electron chi connectivity index (χ4n) is 2.34. The number of hydrogen-bond donors (Lipinski definition) is 1. The number of anilines is 1. The first-order chi connectivity index (χ1) is 8.47. The van der Waals surface area contributed by atoms with Gasteiger partial charge in [-0.3, -0.25) is 0 Å². The highest BCUT2D eigenvalue weighted by molar-refractivity contribution is 5.80. The maximum atomic E-state index is 4.82. The number of aromatic nitrogens is 2. The molecule has 0 saturated carbocycles. The predicted octanol–water partition coefficient (Wildman–Crippen LogP) is 3.79. The summed E-state index contributed by atoms with van der Waals surface area (Å²) in [5.41, 5.74) is 3.53. The smallest absolute Gasteiger partial charge is 0.115 e. The monoisotopic (exact) mass is 245 g/mol. The third-order valence-corrected chi connectivity index (χ3v) is 3.12. The van der Waals surface area contributed by atoms with E-state index in [1.807, 2.05) is 0 Å². The van der Waals surface area contributed by atoms with Gasteiger partial charge >= 0.3 is 0 Å². The summed E-state index contributed by atoms with van der Waals surface area (Å²) in [6.45, 7) is 12.8. The number of benzene rings is 1. The van der Waals surface area contributed by atoms with E-state index in [9.17, 15) is 0 Å². The van der Waals surface area contributed by atoms with Crippen molar-refractivity contribution in [3.05, 3.63) is 24.0 Å². The lowest BCUT2D eigenvalue weighted by molar-refractivity contribution is 0.512. The topological polar surface area (TPSA) is 29.9 Å². The minimum absolute atomic E-state index is 0.0768. The maximum absolute atomic E-state index is 4.82. The van der Waals surface area contributed by atoms with E-state index in [1.165, 1.54) is 5.52 Å². The van der Waals surface area contributed by atoms with Crippen molar-refractivity contribution in [2.75, 3.05) is 11.9 Å². The van der Waals surface area contributed by atoms with Gasteiger partial charge in [0.1, 0.15) is 5.82 Å². The Bertz CT molecular complexity index is 547. The third-order valence-electron chi connectivity index (χ3n) is 3.12. The molecule has 0 amide bonds. The highest BCUT2D eigenvalue weighted by atomic mass is 15.1. The van der Waals surface area contributed by atoms with Gasteiger partial charge in [0, 0.05) is 24.2 Å². The van der Waals surface area contributed by atoms with E-state index in [1.54, 1.807) is 0 Å². The molecule has 3 heteroatoms. The molecule has 0 aliphatic heterocycles. The lowest BCUT2D eigenvalue weighted by atomic mass is 9.96. The van der Waals surface area contributed by atoms with Crippen LogP contribution in [0.2, 0.25) is 0 Å². The van der Waals surface area contributed by atoms with Gasteiger partial charge in [0.15, 0.2) is 0 Å². The molecule has 2 aromatic rings. The van der Waals surface area contributed by atoms with Crippen molar-refractivity contribution in [2.45, 2.75) is 46.6 Å². The molecular formula is C15H23N3. The first-order valence-electron chi connectivity index (χ1n) is 6.72. The number of hydrogen-bond acceptors (Lipinski definition) is 2.